The lowest BCUT2D eigenvalue weighted by atomic mass is 9.88. The SMILES string of the molecule is CC(C)C(CO)C1(N)CC1. The van der Waals surface area contributed by atoms with Crippen LogP contribution in [0.25, 0.3) is 0 Å². The van der Waals surface area contributed by atoms with Gasteiger partial charge >= 0.3 is 0 Å². The monoisotopic (exact) mass is 143 g/mol. The van der Waals surface area contributed by atoms with E-state index in [1.165, 1.54) is 0 Å². The molecule has 60 valence electrons. The fourth-order valence-corrected chi connectivity index (χ4v) is 1.57. The third kappa shape index (κ3) is 1.32. The van der Waals surface area contributed by atoms with Gasteiger partial charge in [-0.1, -0.05) is 13.8 Å². The van der Waals surface area contributed by atoms with E-state index >= 15 is 0 Å². The molecule has 0 spiro atoms. The van der Waals surface area contributed by atoms with E-state index in [0.29, 0.717) is 11.8 Å². The second-order valence-electron chi connectivity index (χ2n) is 3.77. The Labute approximate surface area is 62.4 Å². The second kappa shape index (κ2) is 2.51. The molecule has 1 fully saturated rings. The van der Waals surface area contributed by atoms with Crippen molar-refractivity contribution in [1.82, 2.24) is 0 Å². The van der Waals surface area contributed by atoms with Gasteiger partial charge in [0.25, 0.3) is 0 Å². The van der Waals surface area contributed by atoms with Gasteiger partial charge in [-0.15, -0.1) is 0 Å². The van der Waals surface area contributed by atoms with Crippen molar-refractivity contribution >= 4 is 0 Å². The minimum absolute atomic E-state index is 0.0110. The van der Waals surface area contributed by atoms with E-state index in [-0.39, 0.29) is 12.1 Å². The van der Waals surface area contributed by atoms with E-state index in [2.05, 4.69) is 13.8 Å². The van der Waals surface area contributed by atoms with Gasteiger partial charge in [-0.05, 0) is 18.8 Å². The molecule has 1 aliphatic rings. The smallest absolute Gasteiger partial charge is 0.0479 e. The molecule has 0 aromatic heterocycles. The van der Waals surface area contributed by atoms with Crippen LogP contribution < -0.4 is 5.73 Å². The van der Waals surface area contributed by atoms with Crippen molar-refractivity contribution in [2.24, 2.45) is 17.6 Å². The molecule has 1 aliphatic carbocycles. The summed E-state index contributed by atoms with van der Waals surface area (Å²) in [7, 11) is 0. The minimum atomic E-state index is -0.0110. The van der Waals surface area contributed by atoms with Crippen LogP contribution in [0.2, 0.25) is 0 Å². The normalized spacial score (nSPS) is 24.9. The maximum Gasteiger partial charge on any atom is 0.0479 e. The van der Waals surface area contributed by atoms with Gasteiger partial charge in [0.05, 0.1) is 0 Å². The summed E-state index contributed by atoms with van der Waals surface area (Å²) in [5.74, 6) is 0.824. The Balaban J connectivity index is 2.48. The molecule has 1 atom stereocenters. The molecule has 0 heterocycles. The standard InChI is InChI=1S/C8H17NO/c1-6(2)7(5-10)8(9)3-4-8/h6-7,10H,3-5,9H2,1-2H3. The summed E-state index contributed by atoms with van der Waals surface area (Å²) in [5.41, 5.74) is 5.93. The zero-order valence-electron chi connectivity index (χ0n) is 6.80. The van der Waals surface area contributed by atoms with Crippen molar-refractivity contribution in [3.8, 4) is 0 Å². The lowest BCUT2D eigenvalue weighted by Crippen LogP contribution is -2.38. The van der Waals surface area contributed by atoms with E-state index in [1.807, 2.05) is 0 Å². The molecule has 1 rings (SSSR count). The molecule has 2 nitrogen and oxygen atoms in total. The molecule has 0 bridgehead atoms. The fourth-order valence-electron chi connectivity index (χ4n) is 1.57. The largest absolute Gasteiger partial charge is 0.396 e. The predicted octanol–water partition coefficient (Wildman–Crippen LogP) is 0.742. The summed E-state index contributed by atoms with van der Waals surface area (Å²) in [6.45, 7) is 4.48. The van der Waals surface area contributed by atoms with E-state index in [0.717, 1.165) is 12.8 Å². The number of rotatable bonds is 3. The first kappa shape index (κ1) is 8.02. The summed E-state index contributed by atoms with van der Waals surface area (Å²) in [4.78, 5) is 0. The molecule has 0 aromatic rings. The average Bonchev–Trinajstić information content (AvgIpc) is 2.49. The van der Waals surface area contributed by atoms with Crippen LogP contribution in [0, 0.1) is 11.8 Å². The maximum absolute atomic E-state index is 8.99. The first-order chi connectivity index (χ1) is 4.60. The van der Waals surface area contributed by atoms with Crippen molar-refractivity contribution in [3.63, 3.8) is 0 Å². The molecule has 0 saturated heterocycles. The molecule has 2 heteroatoms. The molecule has 0 radical (unpaired) electrons. The Morgan fingerprint density at radius 3 is 2.10 bits per heavy atom. The second-order valence-corrected chi connectivity index (χ2v) is 3.77. The van der Waals surface area contributed by atoms with Crippen LogP contribution in [0.15, 0.2) is 0 Å². The van der Waals surface area contributed by atoms with E-state index in [1.54, 1.807) is 0 Å². The summed E-state index contributed by atoms with van der Waals surface area (Å²) in [5, 5.41) is 8.99. The molecule has 10 heavy (non-hydrogen) atoms. The van der Waals surface area contributed by atoms with Gasteiger partial charge in [0.1, 0.15) is 0 Å². The first-order valence-electron chi connectivity index (χ1n) is 4.00. The van der Waals surface area contributed by atoms with Crippen LogP contribution >= 0.6 is 0 Å². The summed E-state index contributed by atoms with van der Waals surface area (Å²) < 4.78 is 0. The Morgan fingerprint density at radius 2 is 2.00 bits per heavy atom. The van der Waals surface area contributed by atoms with Crippen molar-refractivity contribution in [2.45, 2.75) is 32.2 Å². The highest BCUT2D eigenvalue weighted by Crippen LogP contribution is 2.42. The highest BCUT2D eigenvalue weighted by Gasteiger charge is 2.46. The Bertz CT molecular complexity index is 118. The van der Waals surface area contributed by atoms with E-state index in [4.69, 9.17) is 10.8 Å². The lowest BCUT2D eigenvalue weighted by molar-refractivity contribution is 0.157. The van der Waals surface area contributed by atoms with Crippen LogP contribution in [0.4, 0.5) is 0 Å². The Morgan fingerprint density at radius 1 is 1.50 bits per heavy atom. The average molecular weight is 143 g/mol. The number of nitrogens with two attached hydrogens (primary N) is 1. The highest BCUT2D eigenvalue weighted by molar-refractivity contribution is 5.04. The summed E-state index contributed by atoms with van der Waals surface area (Å²) >= 11 is 0. The van der Waals surface area contributed by atoms with Gasteiger partial charge in [-0.2, -0.15) is 0 Å². The molecule has 0 aliphatic heterocycles. The number of hydrogen-bond donors (Lipinski definition) is 2. The van der Waals surface area contributed by atoms with Crippen molar-refractivity contribution < 1.29 is 5.11 Å². The topological polar surface area (TPSA) is 46.2 Å². The molecule has 0 amide bonds. The molecular formula is C8H17NO. The molecule has 1 unspecified atom stereocenters. The van der Waals surface area contributed by atoms with Crippen LogP contribution in [0.1, 0.15) is 26.7 Å². The van der Waals surface area contributed by atoms with Gasteiger partial charge < -0.3 is 10.8 Å². The molecule has 0 aromatic carbocycles. The molecule has 3 N–H and O–H groups in total. The summed E-state index contributed by atoms with van der Waals surface area (Å²) in [6, 6.07) is 0. The maximum atomic E-state index is 8.99. The van der Waals surface area contributed by atoms with Crippen molar-refractivity contribution in [2.75, 3.05) is 6.61 Å². The van der Waals surface area contributed by atoms with Crippen molar-refractivity contribution in [1.29, 1.82) is 0 Å². The van der Waals surface area contributed by atoms with E-state index in [9.17, 15) is 0 Å². The first-order valence-corrected chi connectivity index (χ1v) is 4.00. The van der Waals surface area contributed by atoms with Crippen LogP contribution in [0.5, 0.6) is 0 Å². The zero-order valence-corrected chi connectivity index (χ0v) is 6.80. The predicted molar refractivity (Wildman–Crippen MR) is 41.6 cm³/mol. The van der Waals surface area contributed by atoms with Gasteiger partial charge in [0, 0.05) is 18.1 Å². The molecular weight excluding hydrogens is 126 g/mol. The lowest BCUT2D eigenvalue weighted by Gasteiger charge is -2.24. The number of hydrogen-bond acceptors (Lipinski definition) is 2. The van der Waals surface area contributed by atoms with Gasteiger partial charge in [-0.25, -0.2) is 0 Å². The van der Waals surface area contributed by atoms with Crippen LogP contribution in [-0.4, -0.2) is 17.3 Å². The quantitative estimate of drug-likeness (QED) is 0.612. The highest BCUT2D eigenvalue weighted by atomic mass is 16.3. The van der Waals surface area contributed by atoms with Gasteiger partial charge in [-0.3, -0.25) is 0 Å². The number of aliphatic hydroxyl groups excluding tert-OH is 1. The number of aliphatic hydroxyl groups is 1. The van der Waals surface area contributed by atoms with Gasteiger partial charge in [0.2, 0.25) is 0 Å². The Hall–Kier alpha value is -0.0800. The van der Waals surface area contributed by atoms with Crippen molar-refractivity contribution in [3.05, 3.63) is 0 Å². The Kier molecular flexibility index (Phi) is 2.02. The zero-order chi connectivity index (χ0) is 7.78. The third-order valence-electron chi connectivity index (χ3n) is 2.57. The summed E-state index contributed by atoms with van der Waals surface area (Å²) in [6.07, 6.45) is 2.19. The van der Waals surface area contributed by atoms with Gasteiger partial charge in [0.15, 0.2) is 0 Å². The minimum Gasteiger partial charge on any atom is -0.396 e. The third-order valence-corrected chi connectivity index (χ3v) is 2.57. The molecule has 1 saturated carbocycles. The van der Waals surface area contributed by atoms with E-state index < -0.39 is 0 Å². The van der Waals surface area contributed by atoms with Crippen LogP contribution in [-0.2, 0) is 0 Å². The van der Waals surface area contributed by atoms with Crippen LogP contribution in [0.3, 0.4) is 0 Å². The fraction of sp³-hybridized carbons (Fsp3) is 1.00.